The molecule has 4 heterocycles. The second kappa shape index (κ2) is 11.7. The minimum Gasteiger partial charge on any atom is -0.457 e. The molecule has 0 fully saturated rings. The molecule has 0 saturated carbocycles. The van der Waals surface area contributed by atoms with Crippen molar-refractivity contribution in [2.24, 2.45) is 0 Å². The van der Waals surface area contributed by atoms with E-state index in [2.05, 4.69) is 152 Å². The fraction of sp³-hybridized carbons (Fsp3) is 0.163. The van der Waals surface area contributed by atoms with Crippen LogP contribution in [0.2, 0.25) is 0 Å². The Morgan fingerprint density at radius 1 is 0.640 bits per heavy atom. The van der Waals surface area contributed by atoms with Gasteiger partial charge in [-0.3, -0.25) is 4.57 Å². The standard InChI is InChI=1S/C43H38BN5O/c1-27(2)31-14-12-15-32(28(3)4)42(31)44-47(5)37-23-21-29(25-35(37)43-46-36-16-7-9-18-39(36)49(43)44)50-30-20-22-34-33-13-6-8-17-38(33)48(40(34)26-30)41-19-10-11-24-45-41/h6-28H,1-5H3. The molecule has 1 aliphatic heterocycles. The zero-order chi connectivity index (χ0) is 34.1. The van der Waals surface area contributed by atoms with Crippen LogP contribution in [0.4, 0.5) is 5.69 Å². The molecular weight excluding hydrogens is 613 g/mol. The molecule has 5 aromatic carbocycles. The maximum absolute atomic E-state index is 6.69. The third-order valence-electron chi connectivity index (χ3n) is 10.2. The van der Waals surface area contributed by atoms with Gasteiger partial charge in [-0.1, -0.05) is 82.3 Å². The van der Waals surface area contributed by atoms with Gasteiger partial charge in [-0.15, -0.1) is 0 Å². The van der Waals surface area contributed by atoms with Gasteiger partial charge in [0.25, 0.3) is 0 Å². The summed E-state index contributed by atoms with van der Waals surface area (Å²) < 4.78 is 11.3. The highest BCUT2D eigenvalue weighted by Crippen LogP contribution is 2.42. The summed E-state index contributed by atoms with van der Waals surface area (Å²) in [6.07, 6.45) is 1.84. The van der Waals surface area contributed by atoms with E-state index in [1.165, 1.54) is 22.0 Å². The van der Waals surface area contributed by atoms with Crippen molar-refractivity contribution in [2.75, 3.05) is 11.9 Å². The van der Waals surface area contributed by atoms with Crippen molar-refractivity contribution in [1.82, 2.24) is 19.0 Å². The van der Waals surface area contributed by atoms with Crippen LogP contribution in [0.25, 0.3) is 50.0 Å². The molecule has 0 bridgehead atoms. The van der Waals surface area contributed by atoms with Crippen molar-refractivity contribution >= 4 is 51.0 Å². The molecule has 244 valence electrons. The van der Waals surface area contributed by atoms with Gasteiger partial charge >= 0.3 is 6.98 Å². The zero-order valence-electron chi connectivity index (χ0n) is 29.0. The summed E-state index contributed by atoms with van der Waals surface area (Å²) in [7, 11) is 2.22. The van der Waals surface area contributed by atoms with Crippen LogP contribution in [0.15, 0.2) is 128 Å². The molecule has 1 aliphatic rings. The Kier molecular flexibility index (Phi) is 7.06. The Hall–Kier alpha value is -5.82. The highest BCUT2D eigenvalue weighted by Gasteiger charge is 2.40. The van der Waals surface area contributed by atoms with Gasteiger partial charge in [-0.2, -0.15) is 0 Å². The monoisotopic (exact) mass is 651 g/mol. The van der Waals surface area contributed by atoms with E-state index in [-0.39, 0.29) is 6.98 Å². The number of hydrogen-bond acceptors (Lipinski definition) is 4. The lowest BCUT2D eigenvalue weighted by Crippen LogP contribution is -2.57. The fourth-order valence-corrected chi connectivity index (χ4v) is 7.96. The highest BCUT2D eigenvalue weighted by molar-refractivity contribution is 6.78. The molecule has 9 rings (SSSR count). The van der Waals surface area contributed by atoms with Gasteiger partial charge in [0.15, 0.2) is 0 Å². The van der Waals surface area contributed by atoms with E-state index in [1.54, 1.807) is 0 Å². The van der Waals surface area contributed by atoms with Gasteiger partial charge in [-0.05, 0) is 96.1 Å². The van der Waals surface area contributed by atoms with Crippen molar-refractivity contribution in [1.29, 1.82) is 0 Å². The number of rotatable bonds is 6. The number of para-hydroxylation sites is 3. The van der Waals surface area contributed by atoms with Crippen LogP contribution in [0, 0.1) is 0 Å². The van der Waals surface area contributed by atoms with E-state index in [0.717, 1.165) is 61.8 Å². The van der Waals surface area contributed by atoms with Crippen LogP contribution >= 0.6 is 0 Å². The van der Waals surface area contributed by atoms with Crippen molar-refractivity contribution < 1.29 is 4.74 Å². The van der Waals surface area contributed by atoms with Gasteiger partial charge in [0.2, 0.25) is 0 Å². The molecule has 0 saturated heterocycles. The summed E-state index contributed by atoms with van der Waals surface area (Å²) >= 11 is 0. The van der Waals surface area contributed by atoms with E-state index in [1.807, 2.05) is 24.4 Å². The number of nitrogens with zero attached hydrogens (tertiary/aromatic N) is 5. The van der Waals surface area contributed by atoms with Gasteiger partial charge in [-0.25, -0.2) is 9.97 Å². The van der Waals surface area contributed by atoms with Crippen LogP contribution in [-0.2, 0) is 0 Å². The van der Waals surface area contributed by atoms with E-state index in [9.17, 15) is 0 Å². The lowest BCUT2D eigenvalue weighted by atomic mass is 9.58. The molecule has 6 nitrogen and oxygen atoms in total. The Morgan fingerprint density at radius 2 is 1.32 bits per heavy atom. The summed E-state index contributed by atoms with van der Waals surface area (Å²) in [6, 6.07) is 42.6. The first kappa shape index (κ1) is 30.3. The van der Waals surface area contributed by atoms with Crippen molar-refractivity contribution in [2.45, 2.75) is 39.5 Å². The lowest BCUT2D eigenvalue weighted by Gasteiger charge is -2.38. The van der Waals surface area contributed by atoms with Gasteiger partial charge in [0, 0.05) is 34.3 Å². The summed E-state index contributed by atoms with van der Waals surface area (Å²) in [5.41, 5.74) is 10.6. The molecule has 0 atom stereocenters. The number of fused-ring (bicyclic) bond motifs is 8. The third-order valence-corrected chi connectivity index (χ3v) is 10.2. The van der Waals surface area contributed by atoms with Crippen molar-refractivity contribution in [3.8, 4) is 28.7 Å². The summed E-state index contributed by atoms with van der Waals surface area (Å²) in [4.78, 5) is 12.4. The summed E-state index contributed by atoms with van der Waals surface area (Å²) in [5.74, 6) is 4.11. The molecule has 7 heteroatoms. The second-order valence-corrected chi connectivity index (χ2v) is 13.9. The van der Waals surface area contributed by atoms with E-state index in [4.69, 9.17) is 14.7 Å². The minimum absolute atomic E-state index is 0.0522. The maximum atomic E-state index is 6.69. The fourth-order valence-electron chi connectivity index (χ4n) is 7.96. The molecule has 0 unspecified atom stereocenters. The maximum Gasteiger partial charge on any atom is 0.417 e. The normalized spacial score (nSPS) is 12.8. The first-order valence-electron chi connectivity index (χ1n) is 17.5. The second-order valence-electron chi connectivity index (χ2n) is 13.9. The average Bonchev–Trinajstić information content (AvgIpc) is 3.68. The first-order chi connectivity index (χ1) is 24.4. The molecule has 0 N–H and O–H groups in total. The molecule has 3 aromatic heterocycles. The van der Waals surface area contributed by atoms with Gasteiger partial charge < -0.3 is 14.0 Å². The lowest BCUT2D eigenvalue weighted by molar-refractivity contribution is 0.483. The van der Waals surface area contributed by atoms with Crippen LogP contribution in [0.3, 0.4) is 0 Å². The molecule has 0 aliphatic carbocycles. The quantitative estimate of drug-likeness (QED) is 0.168. The number of imidazole rings is 1. The third kappa shape index (κ3) is 4.64. The van der Waals surface area contributed by atoms with E-state index < -0.39 is 0 Å². The van der Waals surface area contributed by atoms with Crippen LogP contribution < -0.4 is 15.0 Å². The number of aromatic nitrogens is 4. The average molecular weight is 652 g/mol. The SMILES string of the molecule is CC(C)c1cccc(C(C)C)c1B1N(C)c2ccc(Oc3ccc4c5ccccc5n(-c5ccccn5)c4c3)cc2-c2nc3ccccc3n21. The van der Waals surface area contributed by atoms with Crippen LogP contribution in [-0.4, -0.2) is 33.0 Å². The first-order valence-corrected chi connectivity index (χ1v) is 17.5. The molecule has 8 aromatic rings. The number of anilines is 1. The van der Waals surface area contributed by atoms with Crippen LogP contribution in [0.5, 0.6) is 11.5 Å². The Bertz CT molecular complexity index is 2540. The number of pyridine rings is 1. The number of benzene rings is 5. The van der Waals surface area contributed by atoms with Gasteiger partial charge in [0.05, 0.1) is 22.1 Å². The predicted octanol–water partition coefficient (Wildman–Crippen LogP) is 9.93. The predicted molar refractivity (Wildman–Crippen MR) is 208 cm³/mol. The Labute approximate surface area is 292 Å². The Balaban J connectivity index is 1.19. The molecular formula is C43H38BN5O. The van der Waals surface area contributed by atoms with E-state index in [0.29, 0.717) is 11.8 Å². The van der Waals surface area contributed by atoms with Gasteiger partial charge in [0.1, 0.15) is 23.1 Å². The summed E-state index contributed by atoms with van der Waals surface area (Å²) in [6.45, 7) is 9.13. The number of hydrogen-bond donors (Lipinski definition) is 0. The Morgan fingerprint density at radius 3 is 2.08 bits per heavy atom. The summed E-state index contributed by atoms with van der Waals surface area (Å²) in [5, 5.41) is 2.34. The highest BCUT2D eigenvalue weighted by atomic mass is 16.5. The molecule has 0 spiro atoms. The largest absolute Gasteiger partial charge is 0.457 e. The molecule has 0 radical (unpaired) electrons. The minimum atomic E-state index is -0.0522. The topological polar surface area (TPSA) is 48.1 Å². The van der Waals surface area contributed by atoms with Crippen molar-refractivity contribution in [3.05, 3.63) is 139 Å². The zero-order valence-corrected chi connectivity index (χ0v) is 29.0. The van der Waals surface area contributed by atoms with E-state index >= 15 is 0 Å². The van der Waals surface area contributed by atoms with Crippen LogP contribution in [0.1, 0.15) is 50.7 Å². The molecule has 0 amide bonds. The number of ether oxygens (including phenoxy) is 1. The molecule has 50 heavy (non-hydrogen) atoms. The smallest absolute Gasteiger partial charge is 0.417 e. The van der Waals surface area contributed by atoms with Crippen molar-refractivity contribution in [3.63, 3.8) is 0 Å².